The van der Waals surface area contributed by atoms with Crippen molar-refractivity contribution in [1.82, 2.24) is 19.8 Å². The first-order valence-corrected chi connectivity index (χ1v) is 8.40. The van der Waals surface area contributed by atoms with Crippen LogP contribution in [0.2, 0.25) is 0 Å². The van der Waals surface area contributed by atoms with E-state index in [0.717, 1.165) is 30.6 Å². The number of aromatic amines is 1. The van der Waals surface area contributed by atoms with Crippen LogP contribution in [-0.2, 0) is 11.3 Å². The Morgan fingerprint density at radius 1 is 1.38 bits per heavy atom. The fourth-order valence-electron chi connectivity index (χ4n) is 2.89. The number of aromatic nitrogens is 2. The molecule has 3 heterocycles. The van der Waals surface area contributed by atoms with Crippen LogP contribution in [0, 0.1) is 4.64 Å². The molecule has 1 fully saturated rings. The third-order valence-electron chi connectivity index (χ3n) is 4.10. The molecule has 0 bridgehead atoms. The van der Waals surface area contributed by atoms with Crippen LogP contribution in [0.25, 0.3) is 11.0 Å². The standard InChI is InChI=1S/C16H21N5O2S/c1-2-23-16(22)21-7-5-20(6-8-21)10-11-9-14(24)19-15-12(11)3-4-13(17)18-15/h3-4,9H,2,5-8,10H2,1H3,(H3,17,18,19,24). The molecular weight excluding hydrogens is 326 g/mol. The van der Waals surface area contributed by atoms with Gasteiger partial charge >= 0.3 is 6.09 Å². The van der Waals surface area contributed by atoms with Gasteiger partial charge in [-0.3, -0.25) is 4.90 Å². The quantitative estimate of drug-likeness (QED) is 0.827. The molecule has 0 saturated carbocycles. The monoisotopic (exact) mass is 347 g/mol. The van der Waals surface area contributed by atoms with Crippen molar-refractivity contribution < 1.29 is 9.53 Å². The average molecular weight is 347 g/mol. The Kier molecular flexibility index (Phi) is 4.96. The topological polar surface area (TPSA) is 87.5 Å². The second-order valence-electron chi connectivity index (χ2n) is 5.75. The minimum Gasteiger partial charge on any atom is -0.450 e. The van der Waals surface area contributed by atoms with Crippen LogP contribution in [0.15, 0.2) is 18.2 Å². The summed E-state index contributed by atoms with van der Waals surface area (Å²) in [4.78, 5) is 23.2. The van der Waals surface area contributed by atoms with Gasteiger partial charge in [0.2, 0.25) is 0 Å². The van der Waals surface area contributed by atoms with Crippen LogP contribution >= 0.6 is 12.2 Å². The van der Waals surface area contributed by atoms with Crippen molar-refractivity contribution in [2.45, 2.75) is 13.5 Å². The summed E-state index contributed by atoms with van der Waals surface area (Å²) in [5.74, 6) is 0.466. The number of pyridine rings is 2. The van der Waals surface area contributed by atoms with Gasteiger partial charge in [-0.05, 0) is 30.7 Å². The van der Waals surface area contributed by atoms with Gasteiger partial charge in [-0.15, -0.1) is 0 Å². The van der Waals surface area contributed by atoms with Gasteiger partial charge < -0.3 is 20.4 Å². The molecule has 0 aromatic carbocycles. The van der Waals surface area contributed by atoms with E-state index in [1.54, 1.807) is 11.0 Å². The van der Waals surface area contributed by atoms with Crippen molar-refractivity contribution in [3.8, 4) is 0 Å². The maximum absolute atomic E-state index is 11.8. The number of nitrogen functional groups attached to an aromatic ring is 1. The normalized spacial score (nSPS) is 15.6. The van der Waals surface area contributed by atoms with Crippen molar-refractivity contribution in [2.24, 2.45) is 0 Å². The minimum atomic E-state index is -0.232. The Morgan fingerprint density at radius 3 is 2.83 bits per heavy atom. The van der Waals surface area contributed by atoms with E-state index < -0.39 is 0 Å². The zero-order valence-corrected chi connectivity index (χ0v) is 14.4. The molecule has 8 heteroatoms. The molecule has 0 atom stereocenters. The summed E-state index contributed by atoms with van der Waals surface area (Å²) in [5.41, 5.74) is 7.58. The Hall–Kier alpha value is -2.19. The first-order chi connectivity index (χ1) is 11.6. The minimum absolute atomic E-state index is 0.232. The highest BCUT2D eigenvalue weighted by atomic mass is 32.1. The maximum atomic E-state index is 11.8. The van der Waals surface area contributed by atoms with Gasteiger partial charge in [0.25, 0.3) is 0 Å². The molecule has 1 amide bonds. The number of carbonyl (C=O) groups is 1. The number of ether oxygens (including phenoxy) is 1. The molecule has 1 aliphatic heterocycles. The van der Waals surface area contributed by atoms with E-state index >= 15 is 0 Å². The number of rotatable bonds is 3. The molecular formula is C16H21N5O2S. The lowest BCUT2D eigenvalue weighted by Gasteiger charge is -2.34. The molecule has 0 spiro atoms. The Bertz CT molecular complexity index is 799. The first-order valence-electron chi connectivity index (χ1n) is 7.99. The molecule has 2 aromatic rings. The molecule has 1 saturated heterocycles. The predicted octanol–water partition coefficient (Wildman–Crippen LogP) is 2.15. The van der Waals surface area contributed by atoms with Crippen molar-refractivity contribution in [3.05, 3.63) is 28.4 Å². The van der Waals surface area contributed by atoms with E-state index in [9.17, 15) is 4.79 Å². The van der Waals surface area contributed by atoms with Crippen molar-refractivity contribution in [3.63, 3.8) is 0 Å². The number of amides is 1. The second kappa shape index (κ2) is 7.14. The molecule has 2 aromatic heterocycles. The summed E-state index contributed by atoms with van der Waals surface area (Å²) in [6.45, 7) is 5.92. The number of fused-ring (bicyclic) bond motifs is 1. The second-order valence-corrected chi connectivity index (χ2v) is 6.19. The van der Waals surface area contributed by atoms with E-state index in [0.29, 0.717) is 35.8 Å². The number of piperazine rings is 1. The summed E-state index contributed by atoms with van der Waals surface area (Å²) in [7, 11) is 0. The molecule has 24 heavy (non-hydrogen) atoms. The highest BCUT2D eigenvalue weighted by Gasteiger charge is 2.22. The number of nitrogens with zero attached hydrogens (tertiary/aromatic N) is 3. The van der Waals surface area contributed by atoms with Crippen LogP contribution in [-0.4, -0.2) is 58.6 Å². The van der Waals surface area contributed by atoms with Crippen molar-refractivity contribution in [1.29, 1.82) is 0 Å². The Balaban J connectivity index is 1.72. The molecule has 0 unspecified atom stereocenters. The van der Waals surface area contributed by atoms with E-state index in [2.05, 4.69) is 14.9 Å². The van der Waals surface area contributed by atoms with Crippen LogP contribution in [0.3, 0.4) is 0 Å². The first kappa shape index (κ1) is 16.7. The molecule has 128 valence electrons. The van der Waals surface area contributed by atoms with E-state index in [4.69, 9.17) is 22.7 Å². The Labute approximate surface area is 145 Å². The Morgan fingerprint density at radius 2 is 2.12 bits per heavy atom. The zero-order valence-electron chi connectivity index (χ0n) is 13.6. The molecule has 3 N–H and O–H groups in total. The molecule has 3 rings (SSSR count). The third kappa shape index (κ3) is 3.65. The number of anilines is 1. The zero-order chi connectivity index (χ0) is 17.1. The lowest BCUT2D eigenvalue weighted by Crippen LogP contribution is -2.48. The van der Waals surface area contributed by atoms with E-state index in [1.807, 2.05) is 19.1 Å². The molecule has 1 aliphatic rings. The van der Waals surface area contributed by atoms with Gasteiger partial charge in [-0.25, -0.2) is 9.78 Å². The predicted molar refractivity (Wildman–Crippen MR) is 95.2 cm³/mol. The highest BCUT2D eigenvalue weighted by molar-refractivity contribution is 7.71. The van der Waals surface area contributed by atoms with E-state index in [-0.39, 0.29) is 6.09 Å². The largest absolute Gasteiger partial charge is 0.450 e. The summed E-state index contributed by atoms with van der Waals surface area (Å²) >= 11 is 5.30. The van der Waals surface area contributed by atoms with Crippen LogP contribution in [0.1, 0.15) is 12.5 Å². The fourth-order valence-corrected chi connectivity index (χ4v) is 3.13. The summed E-state index contributed by atoms with van der Waals surface area (Å²) < 4.78 is 5.69. The number of nitrogens with two attached hydrogens (primary N) is 1. The lowest BCUT2D eigenvalue weighted by molar-refractivity contribution is 0.0779. The SMILES string of the molecule is CCOC(=O)N1CCN(Cc2cc(=S)[nH]c3nc(N)ccc23)CC1. The van der Waals surface area contributed by atoms with E-state index in [1.165, 1.54) is 0 Å². The van der Waals surface area contributed by atoms with Crippen molar-refractivity contribution >= 4 is 35.2 Å². The van der Waals surface area contributed by atoms with Gasteiger partial charge in [0.15, 0.2) is 0 Å². The lowest BCUT2D eigenvalue weighted by atomic mass is 10.1. The molecule has 0 radical (unpaired) electrons. The summed E-state index contributed by atoms with van der Waals surface area (Å²) in [6.07, 6.45) is -0.232. The van der Waals surface area contributed by atoms with Gasteiger partial charge in [0, 0.05) is 38.1 Å². The number of nitrogens with one attached hydrogen (secondary N) is 1. The fraction of sp³-hybridized carbons (Fsp3) is 0.438. The van der Waals surface area contributed by atoms with Gasteiger partial charge in [0.1, 0.15) is 16.1 Å². The summed E-state index contributed by atoms with van der Waals surface area (Å²) in [5, 5.41) is 1.02. The van der Waals surface area contributed by atoms with Crippen LogP contribution < -0.4 is 5.73 Å². The average Bonchev–Trinajstić information content (AvgIpc) is 2.55. The van der Waals surface area contributed by atoms with Crippen molar-refractivity contribution in [2.75, 3.05) is 38.5 Å². The molecule has 7 nitrogen and oxygen atoms in total. The number of hydrogen-bond donors (Lipinski definition) is 2. The summed E-state index contributed by atoms with van der Waals surface area (Å²) in [6, 6.07) is 5.72. The smallest absolute Gasteiger partial charge is 0.409 e. The van der Waals surface area contributed by atoms with Gasteiger partial charge in [-0.2, -0.15) is 0 Å². The number of hydrogen-bond acceptors (Lipinski definition) is 6. The highest BCUT2D eigenvalue weighted by Crippen LogP contribution is 2.19. The molecule has 0 aliphatic carbocycles. The number of H-pyrrole nitrogens is 1. The third-order valence-corrected chi connectivity index (χ3v) is 4.32. The van der Waals surface area contributed by atoms with Gasteiger partial charge in [0.05, 0.1) is 6.61 Å². The van der Waals surface area contributed by atoms with Crippen LogP contribution in [0.4, 0.5) is 10.6 Å². The number of carbonyl (C=O) groups excluding carboxylic acids is 1. The maximum Gasteiger partial charge on any atom is 0.409 e. The van der Waals surface area contributed by atoms with Crippen LogP contribution in [0.5, 0.6) is 0 Å². The van der Waals surface area contributed by atoms with Gasteiger partial charge in [-0.1, -0.05) is 12.2 Å².